The van der Waals surface area contributed by atoms with Crippen LogP contribution in [-0.2, 0) is 65.4 Å². The van der Waals surface area contributed by atoms with Crippen molar-refractivity contribution in [3.8, 4) is 0 Å². The average molecular weight is 1300 g/mol. The lowest BCUT2D eigenvalue weighted by molar-refractivity contribution is -0.161. The van der Waals surface area contributed by atoms with Crippen LogP contribution in [0.15, 0.2) is 0 Å². The quantitative estimate of drug-likeness (QED) is 0.0222. The monoisotopic (exact) mass is 1300 g/mol. The highest BCUT2D eigenvalue weighted by Crippen LogP contribution is 2.45. The molecule has 0 heterocycles. The predicted molar refractivity (Wildman–Crippen MR) is 354 cm³/mol. The number of phosphoric ester groups is 2. The molecule has 0 aromatic rings. The van der Waals surface area contributed by atoms with Crippen molar-refractivity contribution in [3.05, 3.63) is 0 Å². The van der Waals surface area contributed by atoms with Crippen LogP contribution in [0.5, 0.6) is 0 Å². The molecule has 88 heavy (non-hydrogen) atoms. The second-order valence-electron chi connectivity index (χ2n) is 25.9. The first kappa shape index (κ1) is 86.1. The van der Waals surface area contributed by atoms with Gasteiger partial charge in [0.15, 0.2) is 12.2 Å². The number of phosphoric acid groups is 2. The number of esters is 4. The maximum Gasteiger partial charge on any atom is 0.472 e. The number of rotatable bonds is 68. The maximum atomic E-state index is 13.0. The van der Waals surface area contributed by atoms with Gasteiger partial charge in [-0.15, -0.1) is 0 Å². The van der Waals surface area contributed by atoms with Crippen LogP contribution in [-0.4, -0.2) is 96.7 Å². The normalized spacial score (nSPS) is 14.2. The van der Waals surface area contributed by atoms with E-state index in [1.165, 1.54) is 161 Å². The summed E-state index contributed by atoms with van der Waals surface area (Å²) in [4.78, 5) is 72.4. The lowest BCUT2D eigenvalue weighted by atomic mass is 10.0. The van der Waals surface area contributed by atoms with E-state index < -0.39 is 97.5 Å². The van der Waals surface area contributed by atoms with Gasteiger partial charge in [0.25, 0.3) is 0 Å². The van der Waals surface area contributed by atoms with Gasteiger partial charge in [0, 0.05) is 25.7 Å². The van der Waals surface area contributed by atoms with Crippen molar-refractivity contribution < 1.29 is 80.2 Å². The summed E-state index contributed by atoms with van der Waals surface area (Å²) in [5.74, 6) is -0.782. The fraction of sp³-hybridized carbons (Fsp3) is 0.942. The van der Waals surface area contributed by atoms with Crippen molar-refractivity contribution in [2.75, 3.05) is 39.6 Å². The third-order valence-corrected chi connectivity index (χ3v) is 17.9. The molecular formula is C69H134O17P2. The maximum absolute atomic E-state index is 13.0. The van der Waals surface area contributed by atoms with Gasteiger partial charge in [0.1, 0.15) is 19.3 Å². The van der Waals surface area contributed by atoms with Crippen LogP contribution in [0.2, 0.25) is 0 Å². The van der Waals surface area contributed by atoms with Crippen molar-refractivity contribution in [2.45, 2.75) is 368 Å². The Bertz CT molecular complexity index is 1720. The van der Waals surface area contributed by atoms with Crippen molar-refractivity contribution in [1.29, 1.82) is 0 Å². The Balaban J connectivity index is 5.21. The number of unbranched alkanes of at least 4 members (excludes halogenated alkanes) is 38. The van der Waals surface area contributed by atoms with Gasteiger partial charge in [-0.1, -0.05) is 298 Å². The summed E-state index contributed by atoms with van der Waals surface area (Å²) in [6.07, 6.45) is 46.2. The van der Waals surface area contributed by atoms with Crippen molar-refractivity contribution >= 4 is 39.5 Å². The minimum atomic E-state index is -4.95. The summed E-state index contributed by atoms with van der Waals surface area (Å²) < 4.78 is 68.2. The minimum Gasteiger partial charge on any atom is -0.462 e. The zero-order valence-corrected chi connectivity index (χ0v) is 58.8. The van der Waals surface area contributed by atoms with Gasteiger partial charge in [-0.2, -0.15) is 0 Å². The predicted octanol–water partition coefficient (Wildman–Crippen LogP) is 19.6. The standard InChI is InChI=1S/C69H134O17P2/c1-7-9-11-13-15-17-19-21-22-23-24-26-28-30-32-41-47-53-68(73)85-64(57-79-66(71)51-45-39-31-29-27-25-20-18-16-14-12-10-8-2)59-83-87(75,76)81-55-63(70)56-82-88(77,78)84-60-65(86-69(74)54-48-42-36-34-38-44-50-62(5)6)58-80-67(72)52-46-40-35-33-37-43-49-61(3)4/h61-65,70H,7-60H2,1-6H3,(H,75,76)(H,77,78)/t63-,64-,65-/m1/s1. The van der Waals surface area contributed by atoms with E-state index in [4.69, 9.17) is 37.0 Å². The van der Waals surface area contributed by atoms with Crippen LogP contribution in [0.4, 0.5) is 0 Å². The Morgan fingerprint density at radius 1 is 0.307 bits per heavy atom. The van der Waals surface area contributed by atoms with E-state index in [1.807, 2.05) is 0 Å². The lowest BCUT2D eigenvalue weighted by Gasteiger charge is -2.21. The first-order valence-electron chi connectivity index (χ1n) is 36.0. The molecule has 0 amide bonds. The summed E-state index contributed by atoms with van der Waals surface area (Å²) >= 11 is 0. The van der Waals surface area contributed by atoms with Gasteiger partial charge in [-0.05, 0) is 37.5 Å². The minimum absolute atomic E-state index is 0.101. The van der Waals surface area contributed by atoms with Crippen molar-refractivity contribution in [1.82, 2.24) is 0 Å². The highest BCUT2D eigenvalue weighted by Gasteiger charge is 2.30. The molecule has 0 fully saturated rings. The number of carbonyl (C=O) groups is 4. The van der Waals surface area contributed by atoms with Crippen LogP contribution >= 0.6 is 15.6 Å². The molecule has 522 valence electrons. The number of aliphatic hydroxyl groups is 1. The molecule has 2 unspecified atom stereocenters. The molecule has 0 aliphatic heterocycles. The van der Waals surface area contributed by atoms with E-state index in [-0.39, 0.29) is 25.7 Å². The number of hydrogen-bond donors (Lipinski definition) is 3. The van der Waals surface area contributed by atoms with Gasteiger partial charge in [0.2, 0.25) is 0 Å². The molecule has 0 aliphatic rings. The van der Waals surface area contributed by atoms with Crippen LogP contribution in [0.3, 0.4) is 0 Å². The molecule has 0 rings (SSSR count). The molecule has 0 spiro atoms. The zero-order chi connectivity index (χ0) is 65.0. The highest BCUT2D eigenvalue weighted by molar-refractivity contribution is 7.47. The average Bonchev–Trinajstić information content (AvgIpc) is 3.54. The summed E-state index contributed by atoms with van der Waals surface area (Å²) in [7, 11) is -9.89. The molecule has 0 aromatic carbocycles. The molecule has 5 atom stereocenters. The van der Waals surface area contributed by atoms with E-state index >= 15 is 0 Å². The summed E-state index contributed by atoms with van der Waals surface area (Å²) in [5.41, 5.74) is 0. The fourth-order valence-electron chi connectivity index (χ4n) is 10.4. The van der Waals surface area contributed by atoms with Gasteiger partial charge >= 0.3 is 39.5 Å². The lowest BCUT2D eigenvalue weighted by Crippen LogP contribution is -2.30. The molecular weight excluding hydrogens is 1160 g/mol. The molecule has 3 N–H and O–H groups in total. The molecule has 0 saturated heterocycles. The zero-order valence-electron chi connectivity index (χ0n) is 57.0. The first-order chi connectivity index (χ1) is 42.4. The van der Waals surface area contributed by atoms with E-state index in [9.17, 15) is 43.2 Å². The fourth-order valence-corrected chi connectivity index (χ4v) is 12.0. The number of aliphatic hydroxyl groups excluding tert-OH is 1. The molecule has 17 nitrogen and oxygen atoms in total. The van der Waals surface area contributed by atoms with Crippen LogP contribution in [0.25, 0.3) is 0 Å². The summed E-state index contributed by atoms with van der Waals surface area (Å²) in [6, 6.07) is 0. The molecule has 0 aromatic heterocycles. The Kier molecular flexibility index (Phi) is 59.9. The van der Waals surface area contributed by atoms with Crippen LogP contribution < -0.4 is 0 Å². The Hall–Kier alpha value is -1.94. The number of carbonyl (C=O) groups excluding carboxylic acids is 4. The summed E-state index contributed by atoms with van der Waals surface area (Å²) in [5, 5.41) is 10.6. The Morgan fingerprint density at radius 3 is 0.773 bits per heavy atom. The second kappa shape index (κ2) is 61.3. The van der Waals surface area contributed by atoms with Gasteiger partial charge < -0.3 is 33.8 Å². The molecule has 19 heteroatoms. The SMILES string of the molecule is CCCCCCCCCCCCCCCCCCCC(=O)O[C@H](COC(=O)CCCCCCCCCCCCCCC)COP(=O)(O)OC[C@@H](O)COP(=O)(O)OC[C@@H](COC(=O)CCCCCCCCC(C)C)OC(=O)CCCCCCCCC(C)C. The molecule has 0 aliphatic carbocycles. The van der Waals surface area contributed by atoms with Crippen molar-refractivity contribution in [3.63, 3.8) is 0 Å². The molecule has 0 radical (unpaired) electrons. The van der Waals surface area contributed by atoms with E-state index in [2.05, 4.69) is 41.5 Å². The second-order valence-corrected chi connectivity index (χ2v) is 28.8. The third kappa shape index (κ3) is 62.8. The topological polar surface area (TPSA) is 237 Å². The van der Waals surface area contributed by atoms with Crippen molar-refractivity contribution in [2.24, 2.45) is 11.8 Å². The van der Waals surface area contributed by atoms with E-state index in [1.54, 1.807) is 0 Å². The largest absolute Gasteiger partial charge is 0.472 e. The smallest absolute Gasteiger partial charge is 0.462 e. The van der Waals surface area contributed by atoms with Gasteiger partial charge in [0.05, 0.1) is 26.4 Å². The van der Waals surface area contributed by atoms with E-state index in [0.717, 1.165) is 96.3 Å². The molecule has 0 saturated carbocycles. The number of ether oxygens (including phenoxy) is 4. The van der Waals surface area contributed by atoms with Gasteiger partial charge in [-0.25, -0.2) is 9.13 Å². The highest BCUT2D eigenvalue weighted by atomic mass is 31.2. The first-order valence-corrected chi connectivity index (χ1v) is 39.0. The third-order valence-electron chi connectivity index (χ3n) is 16.0. The van der Waals surface area contributed by atoms with Crippen LogP contribution in [0, 0.1) is 11.8 Å². The Labute approximate surface area is 537 Å². The van der Waals surface area contributed by atoms with E-state index in [0.29, 0.717) is 37.5 Å². The number of hydrogen-bond acceptors (Lipinski definition) is 15. The Morgan fingerprint density at radius 2 is 0.523 bits per heavy atom. The summed E-state index contributed by atoms with van der Waals surface area (Å²) in [6.45, 7) is 9.36. The van der Waals surface area contributed by atoms with Crippen LogP contribution in [0.1, 0.15) is 350 Å². The van der Waals surface area contributed by atoms with Gasteiger partial charge in [-0.3, -0.25) is 37.3 Å². The molecule has 0 bridgehead atoms.